The Morgan fingerprint density at radius 1 is 1.29 bits per heavy atom. The summed E-state index contributed by atoms with van der Waals surface area (Å²) in [4.78, 5) is 23.7. The van der Waals surface area contributed by atoms with Crippen LogP contribution in [0.5, 0.6) is 0 Å². The van der Waals surface area contributed by atoms with Crippen LogP contribution in [0.3, 0.4) is 0 Å². The van der Waals surface area contributed by atoms with Gasteiger partial charge in [-0.25, -0.2) is 4.52 Å². The van der Waals surface area contributed by atoms with Gasteiger partial charge in [0.1, 0.15) is 0 Å². The van der Waals surface area contributed by atoms with Crippen LogP contribution in [0.4, 0.5) is 0 Å². The van der Waals surface area contributed by atoms with Crippen LogP contribution in [0.15, 0.2) is 30.5 Å². The minimum atomic E-state index is -0.333. The van der Waals surface area contributed by atoms with Crippen molar-refractivity contribution in [3.8, 4) is 0 Å². The van der Waals surface area contributed by atoms with Gasteiger partial charge < -0.3 is 10.6 Å². The molecular weight excluding hydrogens is 268 g/mol. The van der Waals surface area contributed by atoms with E-state index < -0.39 is 0 Å². The van der Waals surface area contributed by atoms with Gasteiger partial charge in [-0.05, 0) is 31.0 Å². The Morgan fingerprint density at radius 2 is 2.10 bits per heavy atom. The van der Waals surface area contributed by atoms with Crippen molar-refractivity contribution >= 4 is 17.3 Å². The van der Waals surface area contributed by atoms with Crippen LogP contribution in [0, 0.1) is 0 Å². The summed E-state index contributed by atoms with van der Waals surface area (Å²) in [5.74, 6) is -0.473. The number of hydrogen-bond acceptors (Lipinski definition) is 3. The van der Waals surface area contributed by atoms with Gasteiger partial charge in [0.05, 0.1) is 12.1 Å². The monoisotopic (exact) mass is 286 g/mol. The minimum Gasteiger partial charge on any atom is -0.352 e. The number of pyridine rings is 1. The van der Waals surface area contributed by atoms with E-state index in [1.54, 1.807) is 16.8 Å². The molecule has 6 heteroatoms. The van der Waals surface area contributed by atoms with Crippen LogP contribution < -0.4 is 10.6 Å². The maximum Gasteiger partial charge on any atom is 0.272 e. The highest BCUT2D eigenvalue weighted by Crippen LogP contribution is 2.17. The Hall–Kier alpha value is -2.37. The van der Waals surface area contributed by atoms with Crippen LogP contribution >= 0.6 is 0 Å². The zero-order chi connectivity index (χ0) is 14.7. The van der Waals surface area contributed by atoms with Crippen molar-refractivity contribution in [1.82, 2.24) is 20.2 Å². The Kier molecular flexibility index (Phi) is 3.85. The van der Waals surface area contributed by atoms with Gasteiger partial charge in [-0.15, -0.1) is 0 Å². The minimum absolute atomic E-state index is 0.0107. The van der Waals surface area contributed by atoms with Crippen LogP contribution in [0.2, 0.25) is 0 Å². The molecule has 6 nitrogen and oxygen atoms in total. The summed E-state index contributed by atoms with van der Waals surface area (Å²) in [7, 11) is 0. The van der Waals surface area contributed by atoms with Crippen LogP contribution in [0.25, 0.3) is 5.52 Å². The van der Waals surface area contributed by atoms with E-state index in [-0.39, 0.29) is 24.4 Å². The number of amides is 2. The highest BCUT2D eigenvalue weighted by Gasteiger charge is 2.18. The molecular formula is C15H18N4O2. The molecule has 1 saturated carbocycles. The van der Waals surface area contributed by atoms with E-state index >= 15 is 0 Å². The first-order valence-electron chi connectivity index (χ1n) is 7.24. The molecule has 0 radical (unpaired) electrons. The van der Waals surface area contributed by atoms with Crippen LogP contribution in [-0.4, -0.2) is 34.0 Å². The molecule has 0 bridgehead atoms. The third-order valence-electron chi connectivity index (χ3n) is 3.73. The van der Waals surface area contributed by atoms with E-state index in [0.717, 1.165) is 18.4 Å². The predicted molar refractivity (Wildman–Crippen MR) is 77.9 cm³/mol. The molecule has 0 aromatic carbocycles. The van der Waals surface area contributed by atoms with Gasteiger partial charge in [-0.3, -0.25) is 9.59 Å². The molecule has 2 heterocycles. The maximum atomic E-state index is 12.0. The second-order valence-corrected chi connectivity index (χ2v) is 5.33. The van der Waals surface area contributed by atoms with Gasteiger partial charge in [0.2, 0.25) is 5.91 Å². The van der Waals surface area contributed by atoms with Gasteiger partial charge in [-0.2, -0.15) is 5.10 Å². The highest BCUT2D eigenvalue weighted by molar-refractivity contribution is 5.95. The number of nitrogens with zero attached hydrogens (tertiary/aromatic N) is 2. The van der Waals surface area contributed by atoms with Gasteiger partial charge >= 0.3 is 0 Å². The number of nitrogens with one attached hydrogen (secondary N) is 2. The van der Waals surface area contributed by atoms with E-state index in [9.17, 15) is 9.59 Å². The van der Waals surface area contributed by atoms with Crippen molar-refractivity contribution in [3.05, 3.63) is 36.2 Å². The van der Waals surface area contributed by atoms with E-state index in [2.05, 4.69) is 15.7 Å². The average Bonchev–Trinajstić information content (AvgIpc) is 3.13. The predicted octanol–water partition coefficient (Wildman–Crippen LogP) is 1.12. The first kappa shape index (κ1) is 13.6. The molecule has 1 aliphatic rings. The lowest BCUT2D eigenvalue weighted by Crippen LogP contribution is -2.41. The van der Waals surface area contributed by atoms with Crippen molar-refractivity contribution in [1.29, 1.82) is 0 Å². The third-order valence-corrected chi connectivity index (χ3v) is 3.73. The zero-order valence-corrected chi connectivity index (χ0v) is 11.7. The highest BCUT2D eigenvalue weighted by atomic mass is 16.2. The second kappa shape index (κ2) is 5.95. The fraction of sp³-hybridized carbons (Fsp3) is 0.400. The maximum absolute atomic E-state index is 12.0. The Labute approximate surface area is 122 Å². The summed E-state index contributed by atoms with van der Waals surface area (Å²) < 4.78 is 1.63. The summed E-state index contributed by atoms with van der Waals surface area (Å²) in [6.07, 6.45) is 6.17. The summed E-state index contributed by atoms with van der Waals surface area (Å²) in [5.41, 5.74) is 1.16. The average molecular weight is 286 g/mol. The third kappa shape index (κ3) is 3.21. The second-order valence-electron chi connectivity index (χ2n) is 5.33. The SMILES string of the molecule is O=C(CNC(=O)c1cc2ccccn2n1)NC1CCCC1. The molecule has 0 atom stereocenters. The molecule has 2 aromatic rings. The van der Waals surface area contributed by atoms with Gasteiger partial charge in [0.25, 0.3) is 5.91 Å². The Morgan fingerprint density at radius 3 is 2.86 bits per heavy atom. The molecule has 0 saturated heterocycles. The van der Waals surface area contributed by atoms with Crippen molar-refractivity contribution in [2.75, 3.05) is 6.54 Å². The summed E-state index contributed by atoms with van der Waals surface area (Å²) in [6, 6.07) is 7.57. The van der Waals surface area contributed by atoms with Gasteiger partial charge in [-0.1, -0.05) is 18.9 Å². The zero-order valence-electron chi connectivity index (χ0n) is 11.7. The molecule has 21 heavy (non-hydrogen) atoms. The fourth-order valence-electron chi connectivity index (χ4n) is 2.65. The quantitative estimate of drug-likeness (QED) is 0.884. The summed E-state index contributed by atoms with van der Waals surface area (Å²) >= 11 is 0. The van der Waals surface area contributed by atoms with Gasteiger partial charge in [0.15, 0.2) is 5.69 Å². The largest absolute Gasteiger partial charge is 0.352 e. The van der Waals surface area contributed by atoms with E-state index in [1.807, 2.05) is 18.2 Å². The topological polar surface area (TPSA) is 75.5 Å². The van der Waals surface area contributed by atoms with Crippen molar-refractivity contribution in [2.24, 2.45) is 0 Å². The smallest absolute Gasteiger partial charge is 0.272 e. The Balaban J connectivity index is 1.54. The first-order chi connectivity index (χ1) is 10.2. The molecule has 1 fully saturated rings. The van der Waals surface area contributed by atoms with E-state index in [4.69, 9.17) is 0 Å². The molecule has 2 N–H and O–H groups in total. The lowest BCUT2D eigenvalue weighted by molar-refractivity contribution is -0.120. The van der Waals surface area contributed by atoms with Crippen molar-refractivity contribution < 1.29 is 9.59 Å². The van der Waals surface area contributed by atoms with E-state index in [0.29, 0.717) is 5.69 Å². The molecule has 0 spiro atoms. The first-order valence-corrected chi connectivity index (χ1v) is 7.24. The molecule has 2 aromatic heterocycles. The number of carbonyl (C=O) groups is 2. The molecule has 3 rings (SSSR count). The van der Waals surface area contributed by atoms with Crippen molar-refractivity contribution in [3.63, 3.8) is 0 Å². The fourth-order valence-corrected chi connectivity index (χ4v) is 2.65. The van der Waals surface area contributed by atoms with Gasteiger partial charge in [0, 0.05) is 12.2 Å². The molecule has 0 unspecified atom stereocenters. The number of carbonyl (C=O) groups excluding carboxylic acids is 2. The van der Waals surface area contributed by atoms with Crippen LogP contribution in [0.1, 0.15) is 36.2 Å². The number of aromatic nitrogens is 2. The van der Waals surface area contributed by atoms with Crippen molar-refractivity contribution in [2.45, 2.75) is 31.7 Å². The summed E-state index contributed by atoms with van der Waals surface area (Å²) in [6.45, 7) is -0.0107. The lowest BCUT2D eigenvalue weighted by atomic mass is 10.2. The molecule has 2 amide bonds. The molecule has 0 aliphatic heterocycles. The van der Waals surface area contributed by atoms with E-state index in [1.165, 1.54) is 12.8 Å². The lowest BCUT2D eigenvalue weighted by Gasteiger charge is -2.11. The standard InChI is InChI=1S/C15H18N4O2/c20-14(17-11-5-1-2-6-11)10-16-15(21)13-9-12-7-3-4-8-19(12)18-13/h3-4,7-9,11H,1-2,5-6,10H2,(H,16,21)(H,17,20). The number of rotatable bonds is 4. The molecule has 110 valence electrons. The van der Waals surface area contributed by atoms with Crippen LogP contribution in [-0.2, 0) is 4.79 Å². The molecule has 1 aliphatic carbocycles. The normalized spacial score (nSPS) is 15.2. The number of fused-ring (bicyclic) bond motifs is 1. The Bertz CT molecular complexity index is 625. The summed E-state index contributed by atoms with van der Waals surface area (Å²) in [5, 5.41) is 9.71. The number of hydrogen-bond donors (Lipinski definition) is 2.